The smallest absolute Gasteiger partial charge is 0.205 e. The zero-order chi connectivity index (χ0) is 10.0. The number of rotatable bonds is 2. The largest absolute Gasteiger partial charge is 0.265 e. The van der Waals surface area contributed by atoms with Crippen molar-refractivity contribution in [2.45, 2.75) is 12.9 Å². The van der Waals surface area contributed by atoms with Crippen molar-refractivity contribution in [2.75, 3.05) is 0 Å². The summed E-state index contributed by atoms with van der Waals surface area (Å²) in [7, 11) is 0. The summed E-state index contributed by atoms with van der Waals surface area (Å²) in [5.74, 6) is 0. The fourth-order valence-corrected chi connectivity index (χ4v) is 1.13. The molecule has 0 saturated heterocycles. The van der Waals surface area contributed by atoms with E-state index in [1.807, 2.05) is 0 Å². The maximum absolute atomic E-state index is 12.1. The summed E-state index contributed by atoms with van der Waals surface area (Å²) < 4.78 is 48.2. The zero-order valence-electron chi connectivity index (χ0n) is 6.28. The Morgan fingerprint density at radius 1 is 1.00 bits per heavy atom. The molecule has 0 aliphatic rings. The minimum atomic E-state index is -2.74. The average molecular weight is 213 g/mol. The van der Waals surface area contributed by atoms with Crippen LogP contribution in [0.2, 0.25) is 5.02 Å². The maximum atomic E-state index is 12.1. The Bertz CT molecular complexity index is 298. The summed E-state index contributed by atoms with van der Waals surface area (Å²) >= 11 is 5.36. The van der Waals surface area contributed by atoms with Crippen molar-refractivity contribution in [1.82, 2.24) is 0 Å². The molecule has 0 aliphatic carbocycles. The SMILES string of the molecule is FC(F)c1ccc(C(F)F)c(Cl)c1. The van der Waals surface area contributed by atoms with E-state index in [0.717, 1.165) is 18.2 Å². The highest BCUT2D eigenvalue weighted by Crippen LogP contribution is 2.30. The average Bonchev–Trinajstić information content (AvgIpc) is 2.03. The lowest BCUT2D eigenvalue weighted by Crippen LogP contribution is -1.89. The molecule has 0 fully saturated rings. The summed E-state index contributed by atoms with van der Waals surface area (Å²) in [6.07, 6.45) is -5.43. The van der Waals surface area contributed by atoms with E-state index in [2.05, 4.69) is 0 Å². The summed E-state index contributed by atoms with van der Waals surface area (Å²) in [6, 6.07) is 2.71. The Kier molecular flexibility index (Phi) is 3.14. The number of hydrogen-bond donors (Lipinski definition) is 0. The van der Waals surface area contributed by atoms with Crippen molar-refractivity contribution in [2.24, 2.45) is 0 Å². The zero-order valence-corrected chi connectivity index (χ0v) is 7.03. The van der Waals surface area contributed by atoms with Crippen molar-refractivity contribution in [3.63, 3.8) is 0 Å². The first-order chi connectivity index (χ1) is 6.02. The van der Waals surface area contributed by atoms with Crippen LogP contribution in [-0.4, -0.2) is 0 Å². The first-order valence-corrected chi connectivity index (χ1v) is 3.76. The molecular formula is C8H5ClF4. The second-order valence-electron chi connectivity index (χ2n) is 2.38. The molecule has 0 N–H and O–H groups in total. The van der Waals surface area contributed by atoms with Gasteiger partial charge in [-0.1, -0.05) is 23.7 Å². The van der Waals surface area contributed by atoms with Crippen LogP contribution in [0.4, 0.5) is 17.6 Å². The predicted octanol–water partition coefficient (Wildman–Crippen LogP) is 4.22. The minimum Gasteiger partial charge on any atom is -0.205 e. The van der Waals surface area contributed by atoms with Crippen molar-refractivity contribution in [3.05, 3.63) is 34.3 Å². The number of hydrogen-bond acceptors (Lipinski definition) is 0. The van der Waals surface area contributed by atoms with Crippen LogP contribution in [0.5, 0.6) is 0 Å². The van der Waals surface area contributed by atoms with Gasteiger partial charge < -0.3 is 0 Å². The van der Waals surface area contributed by atoms with E-state index in [-0.39, 0.29) is 10.6 Å². The standard InChI is InChI=1S/C8H5ClF4/c9-6-3-4(7(10)11)1-2-5(6)8(12)13/h1-3,7-8H. The summed E-state index contributed by atoms with van der Waals surface area (Å²) in [5, 5.41) is -0.326. The molecule has 0 atom stereocenters. The monoisotopic (exact) mass is 212 g/mol. The quantitative estimate of drug-likeness (QED) is 0.644. The van der Waals surface area contributed by atoms with E-state index in [0.29, 0.717) is 0 Å². The van der Waals surface area contributed by atoms with Gasteiger partial charge in [-0.2, -0.15) is 0 Å². The van der Waals surface area contributed by atoms with Gasteiger partial charge in [-0.25, -0.2) is 17.6 Å². The molecule has 0 unspecified atom stereocenters. The van der Waals surface area contributed by atoms with Gasteiger partial charge in [0.05, 0.1) is 0 Å². The highest BCUT2D eigenvalue weighted by atomic mass is 35.5. The Hall–Kier alpha value is -0.770. The highest BCUT2D eigenvalue weighted by molar-refractivity contribution is 6.31. The maximum Gasteiger partial charge on any atom is 0.265 e. The van der Waals surface area contributed by atoms with E-state index in [9.17, 15) is 17.6 Å². The van der Waals surface area contributed by atoms with Gasteiger partial charge in [-0.3, -0.25) is 0 Å². The Balaban J connectivity index is 3.06. The molecule has 0 saturated carbocycles. The van der Waals surface area contributed by atoms with Gasteiger partial charge in [0.1, 0.15) is 0 Å². The molecule has 0 heterocycles. The molecule has 0 aliphatic heterocycles. The van der Waals surface area contributed by atoms with Crippen LogP contribution in [0.15, 0.2) is 18.2 Å². The van der Waals surface area contributed by atoms with E-state index in [1.165, 1.54) is 0 Å². The first-order valence-electron chi connectivity index (χ1n) is 3.38. The summed E-state index contributed by atoms with van der Waals surface area (Å²) in [6.45, 7) is 0. The Labute approximate surface area is 77.1 Å². The van der Waals surface area contributed by atoms with Gasteiger partial charge in [0, 0.05) is 16.1 Å². The van der Waals surface area contributed by atoms with Gasteiger partial charge in [-0.05, 0) is 6.07 Å². The second-order valence-corrected chi connectivity index (χ2v) is 2.79. The third-order valence-corrected chi connectivity index (χ3v) is 1.84. The molecule has 72 valence electrons. The predicted molar refractivity (Wildman–Crippen MR) is 41.4 cm³/mol. The Morgan fingerprint density at radius 3 is 2.00 bits per heavy atom. The van der Waals surface area contributed by atoms with E-state index >= 15 is 0 Å². The van der Waals surface area contributed by atoms with Gasteiger partial charge in [0.25, 0.3) is 12.9 Å². The van der Waals surface area contributed by atoms with Crippen LogP contribution in [-0.2, 0) is 0 Å². The molecular weight excluding hydrogens is 208 g/mol. The topological polar surface area (TPSA) is 0 Å². The molecule has 5 heteroatoms. The Morgan fingerprint density at radius 2 is 1.62 bits per heavy atom. The van der Waals surface area contributed by atoms with Crippen molar-refractivity contribution in [3.8, 4) is 0 Å². The molecule has 0 aromatic heterocycles. The summed E-state index contributed by atoms with van der Waals surface area (Å²) in [5.41, 5.74) is -0.777. The van der Waals surface area contributed by atoms with E-state index in [1.54, 1.807) is 0 Å². The number of halogens is 5. The lowest BCUT2D eigenvalue weighted by molar-refractivity contribution is 0.147. The molecule has 0 nitrogen and oxygen atoms in total. The van der Waals surface area contributed by atoms with Crippen molar-refractivity contribution >= 4 is 11.6 Å². The third-order valence-electron chi connectivity index (χ3n) is 1.51. The fraction of sp³-hybridized carbons (Fsp3) is 0.250. The van der Waals surface area contributed by atoms with Crippen molar-refractivity contribution < 1.29 is 17.6 Å². The number of benzene rings is 1. The van der Waals surface area contributed by atoms with Crippen LogP contribution < -0.4 is 0 Å². The first kappa shape index (κ1) is 10.3. The highest BCUT2D eigenvalue weighted by Gasteiger charge is 2.14. The molecule has 1 aromatic carbocycles. The lowest BCUT2D eigenvalue weighted by atomic mass is 10.1. The fourth-order valence-electron chi connectivity index (χ4n) is 0.856. The minimum absolute atomic E-state index is 0.326. The second kappa shape index (κ2) is 3.96. The van der Waals surface area contributed by atoms with E-state index in [4.69, 9.17) is 11.6 Å². The summed E-state index contributed by atoms with van der Waals surface area (Å²) in [4.78, 5) is 0. The molecule has 0 radical (unpaired) electrons. The van der Waals surface area contributed by atoms with Crippen LogP contribution in [0, 0.1) is 0 Å². The number of alkyl halides is 4. The molecule has 0 spiro atoms. The molecule has 1 aromatic rings. The van der Waals surface area contributed by atoms with Crippen LogP contribution in [0.1, 0.15) is 24.0 Å². The van der Waals surface area contributed by atoms with Gasteiger partial charge >= 0.3 is 0 Å². The van der Waals surface area contributed by atoms with Crippen molar-refractivity contribution in [1.29, 1.82) is 0 Å². The van der Waals surface area contributed by atoms with Gasteiger partial charge in [0.2, 0.25) is 0 Å². The van der Waals surface area contributed by atoms with Crippen LogP contribution in [0.3, 0.4) is 0 Å². The molecule has 0 bridgehead atoms. The molecule has 13 heavy (non-hydrogen) atoms. The molecule has 0 amide bonds. The van der Waals surface area contributed by atoms with Gasteiger partial charge in [0.15, 0.2) is 0 Å². The van der Waals surface area contributed by atoms with Gasteiger partial charge in [-0.15, -0.1) is 0 Å². The van der Waals surface area contributed by atoms with E-state index < -0.39 is 18.4 Å². The van der Waals surface area contributed by atoms with Crippen LogP contribution in [0.25, 0.3) is 0 Å². The third kappa shape index (κ3) is 2.34. The molecule has 1 rings (SSSR count). The normalized spacial score (nSPS) is 11.3. The van der Waals surface area contributed by atoms with Crippen LogP contribution >= 0.6 is 11.6 Å². The lowest BCUT2D eigenvalue weighted by Gasteiger charge is -2.05.